The highest BCUT2D eigenvalue weighted by Gasteiger charge is 2.47. The number of aliphatic hydroxyl groups is 3. The van der Waals surface area contributed by atoms with Gasteiger partial charge in [-0.25, -0.2) is 4.79 Å². The average Bonchev–Trinajstić information content (AvgIpc) is 2.29. The zero-order chi connectivity index (χ0) is 13.0. The molecule has 1 rings (SSSR count). The number of carboxylic acids is 1. The summed E-state index contributed by atoms with van der Waals surface area (Å²) in [5.41, 5.74) is 0. The summed E-state index contributed by atoms with van der Waals surface area (Å²) in [6.07, 6.45) is -5.97. The molecule has 0 saturated carbocycles. The molecule has 1 saturated heterocycles. The second kappa shape index (κ2) is 6.27. The molecule has 0 amide bonds. The Labute approximate surface area is 98.6 Å². The maximum atomic E-state index is 10.8. The molecule has 0 aliphatic carbocycles. The van der Waals surface area contributed by atoms with Gasteiger partial charge in [-0.15, -0.1) is 0 Å². The topological polar surface area (TPSA) is 116 Å². The van der Waals surface area contributed by atoms with Crippen LogP contribution in [0.25, 0.3) is 0 Å². The zero-order valence-electron chi connectivity index (χ0n) is 9.52. The van der Waals surface area contributed by atoms with Crippen molar-refractivity contribution in [3.63, 3.8) is 0 Å². The standard InChI is InChI=1S/C10H18O7/c1-2-3-4-16-10-7(13)5(11)6(12)8(17-10)9(14)15/h5-8,10-13H,2-4H2,1H3,(H,14,15)/t5-,6-,7+,8?,10-/m0/s1. The predicted octanol–water partition coefficient (Wildman–Crippen LogP) is -1.30. The summed E-state index contributed by atoms with van der Waals surface area (Å²) in [6, 6.07) is 0. The minimum atomic E-state index is -1.67. The lowest BCUT2D eigenvalue weighted by Crippen LogP contribution is -2.60. The lowest BCUT2D eigenvalue weighted by Gasteiger charge is -2.38. The molecule has 1 heterocycles. The Morgan fingerprint density at radius 1 is 1.24 bits per heavy atom. The normalized spacial score (nSPS) is 38.0. The zero-order valence-corrected chi connectivity index (χ0v) is 9.52. The Morgan fingerprint density at radius 3 is 2.41 bits per heavy atom. The maximum absolute atomic E-state index is 10.8. The van der Waals surface area contributed by atoms with Gasteiger partial charge in [0.15, 0.2) is 12.4 Å². The fraction of sp³-hybridized carbons (Fsp3) is 0.900. The van der Waals surface area contributed by atoms with E-state index in [0.29, 0.717) is 0 Å². The van der Waals surface area contributed by atoms with Crippen LogP contribution in [0.15, 0.2) is 0 Å². The van der Waals surface area contributed by atoms with Gasteiger partial charge in [0.05, 0.1) is 0 Å². The number of aliphatic hydroxyl groups excluding tert-OH is 3. The highest BCUT2D eigenvalue weighted by Crippen LogP contribution is 2.22. The van der Waals surface area contributed by atoms with Crippen LogP contribution in [0.5, 0.6) is 0 Å². The third-order valence-electron chi connectivity index (χ3n) is 2.59. The number of aliphatic carboxylic acids is 1. The van der Waals surface area contributed by atoms with E-state index in [9.17, 15) is 20.1 Å². The second-order valence-electron chi connectivity index (χ2n) is 3.96. The summed E-state index contributed by atoms with van der Waals surface area (Å²) in [7, 11) is 0. The highest BCUT2D eigenvalue weighted by atomic mass is 16.7. The summed E-state index contributed by atoms with van der Waals surface area (Å²) in [6.45, 7) is 2.23. The second-order valence-corrected chi connectivity index (χ2v) is 3.96. The molecule has 7 heteroatoms. The summed E-state index contributed by atoms with van der Waals surface area (Å²) in [4.78, 5) is 10.8. The van der Waals surface area contributed by atoms with Gasteiger partial charge >= 0.3 is 5.97 Å². The van der Waals surface area contributed by atoms with Gasteiger partial charge in [0.25, 0.3) is 0 Å². The van der Waals surface area contributed by atoms with Gasteiger partial charge in [0.2, 0.25) is 0 Å². The van der Waals surface area contributed by atoms with Crippen molar-refractivity contribution < 1.29 is 34.7 Å². The molecule has 0 aromatic heterocycles. The number of unbranched alkanes of at least 4 members (excludes halogenated alkanes) is 1. The predicted molar refractivity (Wildman–Crippen MR) is 55.2 cm³/mol. The molecule has 1 aliphatic heterocycles. The van der Waals surface area contributed by atoms with Crippen molar-refractivity contribution >= 4 is 5.97 Å². The molecular weight excluding hydrogens is 232 g/mol. The van der Waals surface area contributed by atoms with Crippen LogP contribution in [-0.2, 0) is 14.3 Å². The Hall–Kier alpha value is -0.730. The molecular formula is C10H18O7. The molecule has 17 heavy (non-hydrogen) atoms. The van der Waals surface area contributed by atoms with Crippen LogP contribution < -0.4 is 0 Å². The average molecular weight is 250 g/mol. The van der Waals surface area contributed by atoms with E-state index >= 15 is 0 Å². The molecule has 4 N–H and O–H groups in total. The molecule has 1 unspecified atom stereocenters. The Balaban J connectivity index is 2.61. The van der Waals surface area contributed by atoms with Gasteiger partial charge in [-0.05, 0) is 6.42 Å². The van der Waals surface area contributed by atoms with Gasteiger partial charge in [0, 0.05) is 6.61 Å². The quantitative estimate of drug-likeness (QED) is 0.448. The lowest BCUT2D eigenvalue weighted by atomic mass is 9.99. The molecule has 0 bridgehead atoms. The number of rotatable bonds is 5. The molecule has 5 atom stereocenters. The van der Waals surface area contributed by atoms with Crippen molar-refractivity contribution in [2.45, 2.75) is 50.5 Å². The highest BCUT2D eigenvalue weighted by molar-refractivity contribution is 5.73. The van der Waals surface area contributed by atoms with Gasteiger partial charge in [-0.2, -0.15) is 0 Å². The van der Waals surface area contributed by atoms with E-state index in [1.54, 1.807) is 0 Å². The Bertz CT molecular complexity index is 257. The molecule has 0 spiro atoms. The van der Waals surface area contributed by atoms with E-state index < -0.39 is 36.7 Å². The first-order valence-corrected chi connectivity index (χ1v) is 5.53. The number of hydrogen-bond acceptors (Lipinski definition) is 6. The third-order valence-corrected chi connectivity index (χ3v) is 2.59. The van der Waals surface area contributed by atoms with E-state index in [-0.39, 0.29) is 6.61 Å². The summed E-state index contributed by atoms with van der Waals surface area (Å²) >= 11 is 0. The van der Waals surface area contributed by atoms with Crippen molar-refractivity contribution in [2.24, 2.45) is 0 Å². The van der Waals surface area contributed by atoms with Gasteiger partial charge in [-0.1, -0.05) is 13.3 Å². The Kier molecular flexibility index (Phi) is 5.29. The van der Waals surface area contributed by atoms with Crippen molar-refractivity contribution in [3.8, 4) is 0 Å². The first-order valence-electron chi connectivity index (χ1n) is 5.53. The molecule has 0 aromatic rings. The van der Waals surface area contributed by atoms with Crippen molar-refractivity contribution in [2.75, 3.05) is 6.61 Å². The molecule has 1 fully saturated rings. The molecule has 7 nitrogen and oxygen atoms in total. The van der Waals surface area contributed by atoms with Gasteiger partial charge in [-0.3, -0.25) is 0 Å². The Morgan fingerprint density at radius 2 is 1.88 bits per heavy atom. The number of carbonyl (C=O) groups is 1. The summed E-state index contributed by atoms with van der Waals surface area (Å²) in [5, 5.41) is 37.2. The van der Waals surface area contributed by atoms with Crippen LogP contribution >= 0.6 is 0 Å². The van der Waals surface area contributed by atoms with Crippen molar-refractivity contribution in [1.29, 1.82) is 0 Å². The van der Waals surface area contributed by atoms with E-state index in [0.717, 1.165) is 12.8 Å². The van der Waals surface area contributed by atoms with Crippen LogP contribution in [-0.4, -0.2) is 63.7 Å². The molecule has 0 radical (unpaired) electrons. The SMILES string of the molecule is CCCCO[C@H]1OC(C(=O)O)[C@@H](O)[C@H](O)[C@H]1O. The van der Waals surface area contributed by atoms with Gasteiger partial charge in [0.1, 0.15) is 18.3 Å². The molecule has 1 aliphatic rings. The summed E-state index contributed by atoms with van der Waals surface area (Å²) in [5.74, 6) is -1.41. The monoisotopic (exact) mass is 250 g/mol. The van der Waals surface area contributed by atoms with Crippen molar-refractivity contribution in [1.82, 2.24) is 0 Å². The third kappa shape index (κ3) is 3.36. The van der Waals surface area contributed by atoms with Crippen LogP contribution in [0, 0.1) is 0 Å². The van der Waals surface area contributed by atoms with Gasteiger partial charge < -0.3 is 29.9 Å². The largest absolute Gasteiger partial charge is 0.479 e. The fourth-order valence-electron chi connectivity index (χ4n) is 1.53. The number of hydrogen-bond donors (Lipinski definition) is 4. The van der Waals surface area contributed by atoms with E-state index in [1.165, 1.54) is 0 Å². The first kappa shape index (κ1) is 14.3. The minimum absolute atomic E-state index is 0.285. The van der Waals surface area contributed by atoms with Crippen molar-refractivity contribution in [3.05, 3.63) is 0 Å². The van der Waals surface area contributed by atoms with E-state index in [4.69, 9.17) is 14.6 Å². The van der Waals surface area contributed by atoms with Crippen LogP contribution in [0.4, 0.5) is 0 Å². The minimum Gasteiger partial charge on any atom is -0.479 e. The van der Waals surface area contributed by atoms with E-state index in [2.05, 4.69) is 0 Å². The molecule has 0 aromatic carbocycles. The first-order chi connectivity index (χ1) is 7.99. The maximum Gasteiger partial charge on any atom is 0.335 e. The van der Waals surface area contributed by atoms with E-state index in [1.807, 2.05) is 6.92 Å². The van der Waals surface area contributed by atoms with Crippen LogP contribution in [0.1, 0.15) is 19.8 Å². The van der Waals surface area contributed by atoms with Crippen LogP contribution in [0.3, 0.4) is 0 Å². The number of carboxylic acid groups (broad SMARTS) is 1. The lowest BCUT2D eigenvalue weighted by molar-refractivity contribution is -0.294. The number of ether oxygens (including phenoxy) is 2. The smallest absolute Gasteiger partial charge is 0.335 e. The molecule has 100 valence electrons. The summed E-state index contributed by atoms with van der Waals surface area (Å²) < 4.78 is 10.0. The van der Waals surface area contributed by atoms with Crippen LogP contribution in [0.2, 0.25) is 0 Å². The fourth-order valence-corrected chi connectivity index (χ4v) is 1.53.